The molecule has 1 amide bonds. The number of carbonyl (C=O) groups is 1. The fourth-order valence-corrected chi connectivity index (χ4v) is 3.68. The summed E-state index contributed by atoms with van der Waals surface area (Å²) < 4.78 is 19.3. The zero-order chi connectivity index (χ0) is 19.7. The SMILES string of the molecule is CCCCC1(O)C(NC(=O)c2ccc(F)cc2)c2ccccc2OC1(C)C. The lowest BCUT2D eigenvalue weighted by atomic mass is 9.71. The molecule has 3 rings (SSSR count). The summed E-state index contributed by atoms with van der Waals surface area (Å²) in [6, 6.07) is 12.2. The first kappa shape index (κ1) is 19.4. The number of hydrogen-bond acceptors (Lipinski definition) is 3. The fourth-order valence-electron chi connectivity index (χ4n) is 3.68. The van der Waals surface area contributed by atoms with Crippen LogP contribution >= 0.6 is 0 Å². The van der Waals surface area contributed by atoms with Gasteiger partial charge < -0.3 is 15.2 Å². The Bertz CT molecular complexity index is 819. The van der Waals surface area contributed by atoms with Gasteiger partial charge in [-0.05, 0) is 50.6 Å². The van der Waals surface area contributed by atoms with Crippen LogP contribution in [0.2, 0.25) is 0 Å². The number of unbranched alkanes of at least 4 members (excludes halogenated alkanes) is 1. The molecular formula is C22H26FNO3. The third kappa shape index (κ3) is 3.56. The monoisotopic (exact) mass is 371 g/mol. The van der Waals surface area contributed by atoms with Crippen LogP contribution in [0.1, 0.15) is 62.0 Å². The van der Waals surface area contributed by atoms with Gasteiger partial charge in [-0.3, -0.25) is 4.79 Å². The van der Waals surface area contributed by atoms with Crippen LogP contribution in [-0.2, 0) is 0 Å². The van der Waals surface area contributed by atoms with Gasteiger partial charge in [-0.25, -0.2) is 4.39 Å². The van der Waals surface area contributed by atoms with E-state index in [1.165, 1.54) is 24.3 Å². The number of benzene rings is 2. The van der Waals surface area contributed by atoms with Crippen molar-refractivity contribution in [3.05, 3.63) is 65.5 Å². The van der Waals surface area contributed by atoms with Crippen molar-refractivity contribution in [2.24, 2.45) is 0 Å². The van der Waals surface area contributed by atoms with E-state index >= 15 is 0 Å². The predicted molar refractivity (Wildman–Crippen MR) is 102 cm³/mol. The highest BCUT2D eigenvalue weighted by molar-refractivity contribution is 5.94. The van der Waals surface area contributed by atoms with Crippen molar-refractivity contribution in [2.45, 2.75) is 57.3 Å². The largest absolute Gasteiger partial charge is 0.484 e. The molecule has 5 heteroatoms. The van der Waals surface area contributed by atoms with E-state index in [4.69, 9.17) is 4.74 Å². The van der Waals surface area contributed by atoms with Gasteiger partial charge in [-0.2, -0.15) is 0 Å². The summed E-state index contributed by atoms with van der Waals surface area (Å²) in [5.74, 6) is -0.112. The van der Waals surface area contributed by atoms with Gasteiger partial charge in [0.2, 0.25) is 0 Å². The Morgan fingerprint density at radius 1 is 1.19 bits per heavy atom. The smallest absolute Gasteiger partial charge is 0.251 e. The van der Waals surface area contributed by atoms with Gasteiger partial charge >= 0.3 is 0 Å². The highest BCUT2D eigenvalue weighted by Gasteiger charge is 2.55. The van der Waals surface area contributed by atoms with E-state index in [1.54, 1.807) is 0 Å². The van der Waals surface area contributed by atoms with E-state index < -0.39 is 23.1 Å². The molecule has 0 aromatic heterocycles. The number of fused-ring (bicyclic) bond motifs is 1. The zero-order valence-electron chi connectivity index (χ0n) is 16.0. The van der Waals surface area contributed by atoms with E-state index in [2.05, 4.69) is 12.2 Å². The molecule has 0 bridgehead atoms. The number of halogens is 1. The summed E-state index contributed by atoms with van der Waals surface area (Å²) in [4.78, 5) is 12.8. The maximum absolute atomic E-state index is 13.2. The number of amides is 1. The molecule has 0 saturated carbocycles. The molecule has 2 aromatic carbocycles. The summed E-state index contributed by atoms with van der Waals surface area (Å²) in [6.45, 7) is 5.74. The molecule has 0 aliphatic carbocycles. The van der Waals surface area contributed by atoms with Crippen LogP contribution in [0.4, 0.5) is 4.39 Å². The first-order valence-electron chi connectivity index (χ1n) is 9.35. The van der Waals surface area contributed by atoms with Crippen molar-refractivity contribution >= 4 is 5.91 Å². The third-order valence-corrected chi connectivity index (χ3v) is 5.41. The van der Waals surface area contributed by atoms with Gasteiger partial charge in [-0.15, -0.1) is 0 Å². The second-order valence-corrected chi connectivity index (χ2v) is 7.59. The first-order chi connectivity index (χ1) is 12.8. The minimum Gasteiger partial charge on any atom is -0.484 e. The van der Waals surface area contributed by atoms with Crippen molar-refractivity contribution in [2.75, 3.05) is 0 Å². The number of hydrogen-bond donors (Lipinski definition) is 2. The average molecular weight is 371 g/mol. The second kappa shape index (κ2) is 7.31. The summed E-state index contributed by atoms with van der Waals surface area (Å²) in [5, 5.41) is 14.7. The minimum absolute atomic E-state index is 0.344. The Hall–Kier alpha value is -2.40. The quantitative estimate of drug-likeness (QED) is 0.820. The van der Waals surface area contributed by atoms with Crippen LogP contribution in [0.25, 0.3) is 0 Å². The maximum atomic E-state index is 13.2. The summed E-state index contributed by atoms with van der Waals surface area (Å²) >= 11 is 0. The van der Waals surface area contributed by atoms with E-state index in [9.17, 15) is 14.3 Å². The molecule has 0 spiro atoms. The standard InChI is InChI=1S/C22H26FNO3/c1-4-5-14-22(26)19(24-20(25)15-10-12-16(23)13-11-15)17-8-6-7-9-18(17)27-21(22,2)3/h6-13,19,26H,4-5,14H2,1-3H3,(H,24,25). The van der Waals surface area contributed by atoms with Crippen LogP contribution in [-0.4, -0.2) is 22.2 Å². The van der Waals surface area contributed by atoms with Gasteiger partial charge in [0, 0.05) is 11.1 Å². The number of aliphatic hydroxyl groups is 1. The Labute approximate surface area is 159 Å². The molecular weight excluding hydrogens is 345 g/mol. The normalized spacial score (nSPS) is 23.2. The molecule has 144 valence electrons. The van der Waals surface area contributed by atoms with Crippen molar-refractivity contribution < 1.29 is 19.0 Å². The molecule has 2 unspecified atom stereocenters. The molecule has 0 radical (unpaired) electrons. The van der Waals surface area contributed by atoms with Crippen LogP contribution in [0.15, 0.2) is 48.5 Å². The lowest BCUT2D eigenvalue weighted by Gasteiger charge is -2.51. The predicted octanol–water partition coefficient (Wildman–Crippen LogP) is 4.39. The molecule has 2 N–H and O–H groups in total. The number of ether oxygens (including phenoxy) is 1. The second-order valence-electron chi connectivity index (χ2n) is 7.59. The van der Waals surface area contributed by atoms with Crippen LogP contribution in [0.5, 0.6) is 5.75 Å². The van der Waals surface area contributed by atoms with Gasteiger partial charge in [0.1, 0.15) is 22.8 Å². The van der Waals surface area contributed by atoms with Gasteiger partial charge in [-0.1, -0.05) is 38.0 Å². The van der Waals surface area contributed by atoms with Crippen molar-refractivity contribution in [3.8, 4) is 5.75 Å². The lowest BCUT2D eigenvalue weighted by molar-refractivity contribution is -0.154. The van der Waals surface area contributed by atoms with Crippen molar-refractivity contribution in [1.82, 2.24) is 5.32 Å². The highest BCUT2D eigenvalue weighted by Crippen LogP contribution is 2.48. The zero-order valence-corrected chi connectivity index (χ0v) is 16.0. The topological polar surface area (TPSA) is 58.6 Å². The van der Waals surface area contributed by atoms with Crippen molar-refractivity contribution in [3.63, 3.8) is 0 Å². The average Bonchev–Trinajstić information content (AvgIpc) is 2.64. The Morgan fingerprint density at radius 2 is 1.85 bits per heavy atom. The molecule has 4 nitrogen and oxygen atoms in total. The minimum atomic E-state index is -1.28. The van der Waals surface area contributed by atoms with Crippen LogP contribution < -0.4 is 10.1 Å². The highest BCUT2D eigenvalue weighted by atomic mass is 19.1. The molecule has 1 aliphatic heterocycles. The Kier molecular flexibility index (Phi) is 5.24. The number of rotatable bonds is 5. The summed E-state index contributed by atoms with van der Waals surface area (Å²) in [7, 11) is 0. The fraction of sp³-hybridized carbons (Fsp3) is 0.409. The maximum Gasteiger partial charge on any atom is 0.251 e. The van der Waals surface area contributed by atoms with E-state index in [0.29, 0.717) is 17.7 Å². The Morgan fingerprint density at radius 3 is 2.52 bits per heavy atom. The first-order valence-corrected chi connectivity index (χ1v) is 9.35. The Balaban J connectivity index is 2.01. The summed E-state index contributed by atoms with van der Waals surface area (Å²) in [6.07, 6.45) is 2.20. The van der Waals surface area contributed by atoms with Gasteiger partial charge in [0.05, 0.1) is 6.04 Å². The van der Waals surface area contributed by atoms with E-state index in [1.807, 2.05) is 38.1 Å². The molecule has 0 fully saturated rings. The van der Waals surface area contributed by atoms with Gasteiger partial charge in [0.25, 0.3) is 5.91 Å². The van der Waals surface area contributed by atoms with Crippen molar-refractivity contribution in [1.29, 1.82) is 0 Å². The number of carbonyl (C=O) groups excluding carboxylic acids is 1. The molecule has 1 aliphatic rings. The molecule has 27 heavy (non-hydrogen) atoms. The van der Waals surface area contributed by atoms with E-state index in [0.717, 1.165) is 18.4 Å². The van der Waals surface area contributed by atoms with Crippen LogP contribution in [0.3, 0.4) is 0 Å². The summed E-state index contributed by atoms with van der Waals surface area (Å²) in [5.41, 5.74) is -1.09. The lowest BCUT2D eigenvalue weighted by Crippen LogP contribution is -2.63. The van der Waals surface area contributed by atoms with Crippen LogP contribution in [0, 0.1) is 5.82 Å². The van der Waals surface area contributed by atoms with Gasteiger partial charge in [0.15, 0.2) is 0 Å². The third-order valence-electron chi connectivity index (χ3n) is 5.41. The number of nitrogens with one attached hydrogen (secondary N) is 1. The van der Waals surface area contributed by atoms with E-state index in [-0.39, 0.29) is 5.91 Å². The molecule has 2 atom stereocenters. The molecule has 2 aromatic rings. The molecule has 0 saturated heterocycles. The molecule has 1 heterocycles. The number of para-hydroxylation sites is 1.